The van der Waals surface area contributed by atoms with E-state index in [-0.39, 0.29) is 0 Å². The van der Waals surface area contributed by atoms with Crippen molar-refractivity contribution in [2.45, 2.75) is 39.5 Å². The molecule has 0 saturated carbocycles. The number of carbonyl (C=O) groups excluding carboxylic acids is 1. The third-order valence-corrected chi connectivity index (χ3v) is 5.08. The number of aromatic nitrogens is 2. The van der Waals surface area contributed by atoms with Crippen LogP contribution in [0.4, 0.5) is 4.79 Å². The molecule has 0 aliphatic rings. The fourth-order valence-corrected chi connectivity index (χ4v) is 2.58. The first kappa shape index (κ1) is 15.6. The van der Waals surface area contributed by atoms with Crippen LogP contribution in [0.5, 0.6) is 0 Å². The van der Waals surface area contributed by atoms with E-state index in [0.717, 1.165) is 28.2 Å². The number of ether oxygens (including phenoxy) is 1. The molecule has 0 N–H and O–H groups in total. The van der Waals surface area contributed by atoms with E-state index in [1.165, 1.54) is 11.1 Å². The number of hydrogen-bond donors (Lipinski definition) is 0. The molecule has 0 amide bonds. The zero-order chi connectivity index (χ0) is 15.6. The predicted molar refractivity (Wildman–Crippen MR) is 85.3 cm³/mol. The fraction of sp³-hybridized carbons (Fsp3) is 0.467. The van der Waals surface area contributed by atoms with Crippen LogP contribution in [-0.4, -0.2) is 30.6 Å². The van der Waals surface area contributed by atoms with Gasteiger partial charge in [-0.2, -0.15) is 4.73 Å². The monoisotopic (exact) mass is 306 g/mol. The number of hydrogen-bond acceptors (Lipinski definition) is 4. The number of benzene rings is 1. The average molecular weight is 306 g/mol. The highest BCUT2D eigenvalue weighted by Gasteiger charge is 2.15. The lowest BCUT2D eigenvalue weighted by Gasteiger charge is -2.15. The molecule has 0 spiro atoms. The Kier molecular flexibility index (Phi) is 4.36. The minimum absolute atomic E-state index is 0.402. The summed E-state index contributed by atoms with van der Waals surface area (Å²) in [5.41, 5.74) is 3.85. The normalized spacial score (nSPS) is 11.7. The molecular weight excluding hydrogens is 284 g/mol. The van der Waals surface area contributed by atoms with Crippen LogP contribution in [0.3, 0.4) is 0 Å². The maximum absolute atomic E-state index is 11.7. The van der Waals surface area contributed by atoms with E-state index in [2.05, 4.69) is 24.6 Å². The molecular formula is C15H22N2O3Si. The summed E-state index contributed by atoms with van der Waals surface area (Å²) in [6.45, 7) is 11.1. The lowest BCUT2D eigenvalue weighted by Crippen LogP contribution is -2.25. The second-order valence-corrected chi connectivity index (χ2v) is 12.1. The first-order chi connectivity index (χ1) is 9.76. The van der Waals surface area contributed by atoms with Gasteiger partial charge in [-0.05, 0) is 43.2 Å². The van der Waals surface area contributed by atoms with E-state index in [1.54, 1.807) is 0 Å². The van der Waals surface area contributed by atoms with Gasteiger partial charge >= 0.3 is 6.16 Å². The molecule has 2 rings (SSSR count). The molecule has 5 nitrogen and oxygen atoms in total. The van der Waals surface area contributed by atoms with E-state index >= 15 is 0 Å². The van der Waals surface area contributed by atoms with Gasteiger partial charge in [0.2, 0.25) is 0 Å². The van der Waals surface area contributed by atoms with Gasteiger partial charge in [-0.1, -0.05) is 19.6 Å². The van der Waals surface area contributed by atoms with Crippen molar-refractivity contribution in [2.75, 3.05) is 6.61 Å². The summed E-state index contributed by atoms with van der Waals surface area (Å²) in [5.74, 6) is 0. The summed E-state index contributed by atoms with van der Waals surface area (Å²) in [4.78, 5) is 21.1. The SMILES string of the molecule is Cc1cc2ncn(OC(=O)OCC[Si](C)(C)C)c2cc1C. The second-order valence-electron chi connectivity index (χ2n) is 6.50. The van der Waals surface area contributed by atoms with Crippen molar-refractivity contribution < 1.29 is 14.4 Å². The maximum Gasteiger partial charge on any atom is 0.533 e. The summed E-state index contributed by atoms with van der Waals surface area (Å²) in [5, 5.41) is 0. The van der Waals surface area contributed by atoms with Crippen LogP contribution in [0.15, 0.2) is 18.5 Å². The zero-order valence-corrected chi connectivity index (χ0v) is 14.3. The van der Waals surface area contributed by atoms with Crippen LogP contribution in [-0.2, 0) is 4.74 Å². The molecule has 0 aliphatic carbocycles. The van der Waals surface area contributed by atoms with Gasteiger partial charge in [0.1, 0.15) is 11.8 Å². The Bertz CT molecular complexity index is 659. The summed E-state index contributed by atoms with van der Waals surface area (Å²) in [6.07, 6.45) is 0.800. The van der Waals surface area contributed by atoms with Gasteiger partial charge in [0, 0.05) is 8.07 Å². The van der Waals surface area contributed by atoms with E-state index in [0.29, 0.717) is 6.61 Å². The Balaban J connectivity index is 2.03. The highest BCUT2D eigenvalue weighted by Crippen LogP contribution is 2.17. The van der Waals surface area contributed by atoms with Crippen molar-refractivity contribution in [3.8, 4) is 0 Å². The molecule has 0 aliphatic heterocycles. The molecule has 6 heteroatoms. The number of fused-ring (bicyclic) bond motifs is 1. The standard InChI is InChI=1S/C15H22N2O3Si/c1-11-8-13-14(9-12(11)2)17(10-16-13)20-15(18)19-6-7-21(3,4)5/h8-10H,6-7H2,1-5H3. The largest absolute Gasteiger partial charge is 0.533 e. The third kappa shape index (κ3) is 4.07. The Morgan fingerprint density at radius 3 is 2.57 bits per heavy atom. The van der Waals surface area contributed by atoms with Crippen molar-refractivity contribution in [2.24, 2.45) is 0 Å². The van der Waals surface area contributed by atoms with Crippen molar-refractivity contribution in [3.63, 3.8) is 0 Å². The quantitative estimate of drug-likeness (QED) is 0.640. The molecule has 1 heterocycles. The molecule has 1 aromatic heterocycles. The molecule has 0 unspecified atom stereocenters. The van der Waals surface area contributed by atoms with Crippen molar-refractivity contribution in [1.82, 2.24) is 9.71 Å². The molecule has 2 aromatic rings. The van der Waals surface area contributed by atoms with Gasteiger partial charge in [-0.3, -0.25) is 4.84 Å². The Morgan fingerprint density at radius 1 is 1.24 bits per heavy atom. The first-order valence-electron chi connectivity index (χ1n) is 7.06. The Hall–Kier alpha value is -1.82. The average Bonchev–Trinajstić information content (AvgIpc) is 2.71. The van der Waals surface area contributed by atoms with Gasteiger partial charge < -0.3 is 4.74 Å². The van der Waals surface area contributed by atoms with Gasteiger partial charge in [-0.15, -0.1) is 0 Å². The predicted octanol–water partition coefficient (Wildman–Crippen LogP) is 3.56. The van der Waals surface area contributed by atoms with E-state index in [9.17, 15) is 4.79 Å². The Labute approximate surface area is 125 Å². The number of imidazole rings is 1. The summed E-state index contributed by atoms with van der Waals surface area (Å²) in [7, 11) is -1.21. The van der Waals surface area contributed by atoms with Crippen LogP contribution in [0.25, 0.3) is 11.0 Å². The first-order valence-corrected chi connectivity index (χ1v) is 10.8. The molecule has 1 aromatic carbocycles. The highest BCUT2D eigenvalue weighted by atomic mass is 28.3. The van der Waals surface area contributed by atoms with Crippen LogP contribution in [0, 0.1) is 13.8 Å². The summed E-state index contributed by atoms with van der Waals surface area (Å²) >= 11 is 0. The molecule has 0 radical (unpaired) electrons. The molecule has 114 valence electrons. The van der Waals surface area contributed by atoms with Crippen LogP contribution in [0.2, 0.25) is 25.7 Å². The van der Waals surface area contributed by atoms with E-state index in [1.807, 2.05) is 26.0 Å². The van der Waals surface area contributed by atoms with Gasteiger partial charge in [0.05, 0.1) is 12.1 Å². The maximum atomic E-state index is 11.7. The van der Waals surface area contributed by atoms with Crippen LogP contribution < -0.4 is 4.84 Å². The zero-order valence-electron chi connectivity index (χ0n) is 13.3. The van der Waals surface area contributed by atoms with Crippen LogP contribution >= 0.6 is 0 Å². The smallest absolute Gasteiger partial charge is 0.433 e. The van der Waals surface area contributed by atoms with Crippen molar-refractivity contribution >= 4 is 25.3 Å². The van der Waals surface area contributed by atoms with E-state index in [4.69, 9.17) is 9.57 Å². The molecule has 0 saturated heterocycles. The van der Waals surface area contributed by atoms with E-state index < -0.39 is 14.2 Å². The fourth-order valence-electron chi connectivity index (χ4n) is 1.86. The molecule has 21 heavy (non-hydrogen) atoms. The number of nitrogens with zero attached hydrogens (tertiary/aromatic N) is 2. The van der Waals surface area contributed by atoms with Gasteiger partial charge in [0.25, 0.3) is 0 Å². The minimum atomic E-state index is -1.21. The van der Waals surface area contributed by atoms with Crippen LogP contribution in [0.1, 0.15) is 11.1 Å². The van der Waals surface area contributed by atoms with Crippen molar-refractivity contribution in [3.05, 3.63) is 29.6 Å². The van der Waals surface area contributed by atoms with Gasteiger partial charge in [-0.25, -0.2) is 9.78 Å². The topological polar surface area (TPSA) is 53.4 Å². The lowest BCUT2D eigenvalue weighted by atomic mass is 10.1. The minimum Gasteiger partial charge on any atom is -0.433 e. The van der Waals surface area contributed by atoms with Gasteiger partial charge in [0.15, 0.2) is 0 Å². The number of carbonyl (C=O) groups is 1. The summed E-state index contributed by atoms with van der Waals surface area (Å²) < 4.78 is 6.48. The third-order valence-electron chi connectivity index (χ3n) is 3.37. The summed E-state index contributed by atoms with van der Waals surface area (Å²) in [6, 6.07) is 4.85. The molecule has 0 fully saturated rings. The highest BCUT2D eigenvalue weighted by molar-refractivity contribution is 6.76. The molecule has 0 bridgehead atoms. The molecule has 0 atom stereocenters. The van der Waals surface area contributed by atoms with Crippen molar-refractivity contribution in [1.29, 1.82) is 0 Å². The number of rotatable bonds is 4. The number of aryl methyl sites for hydroxylation is 2. The Morgan fingerprint density at radius 2 is 1.90 bits per heavy atom. The lowest BCUT2D eigenvalue weighted by molar-refractivity contribution is 0.0545. The second kappa shape index (κ2) is 5.89.